The van der Waals surface area contributed by atoms with Crippen LogP contribution in [0.4, 0.5) is 0 Å². The zero-order valence-electron chi connectivity index (χ0n) is 19.4. The fourth-order valence-corrected chi connectivity index (χ4v) is 5.74. The van der Waals surface area contributed by atoms with Gasteiger partial charge in [-0.05, 0) is 31.9 Å². The number of aryl methyl sites for hydroxylation is 3. The zero-order valence-corrected chi connectivity index (χ0v) is 20.4. The number of rotatable bonds is 6. The maximum Gasteiger partial charge on any atom is 0.203 e. The summed E-state index contributed by atoms with van der Waals surface area (Å²) >= 11 is 0. The monoisotopic (exact) mass is 425 g/mol. The summed E-state index contributed by atoms with van der Waals surface area (Å²) in [5.74, 6) is 1.74. The number of methoxy groups -OCH3 is 3. The van der Waals surface area contributed by atoms with Crippen LogP contribution < -0.4 is 19.5 Å². The molecule has 0 aliphatic heterocycles. The van der Waals surface area contributed by atoms with E-state index in [2.05, 4.69) is 62.9 Å². The van der Waals surface area contributed by atoms with Crippen molar-refractivity contribution in [2.45, 2.75) is 40.4 Å². The summed E-state index contributed by atoms with van der Waals surface area (Å²) in [5.41, 5.74) is 6.63. The predicted octanol–water partition coefficient (Wildman–Crippen LogP) is 4.43. The first-order valence-electron chi connectivity index (χ1n) is 9.97. The molecule has 1 heterocycles. The fraction of sp³-hybridized carbons (Fsp3) is 0.391. The standard InChI is InChI=1S/C23H31N3O3Si/c1-14-10-15(2)20(16(3)11-14)21-23(30(7,8)9)26(25-24-21)17-12-18(27-4)22(29-6)19(13-17)28-5/h10-13H,1-9H3. The molecular weight excluding hydrogens is 394 g/mol. The molecule has 0 aliphatic rings. The summed E-state index contributed by atoms with van der Waals surface area (Å²) in [6.07, 6.45) is 0. The molecule has 0 fully saturated rings. The van der Waals surface area contributed by atoms with E-state index in [4.69, 9.17) is 14.2 Å². The van der Waals surface area contributed by atoms with Gasteiger partial charge >= 0.3 is 0 Å². The SMILES string of the molecule is COc1cc(-n2nnc(-c3c(C)cc(C)cc3C)c2[Si](C)(C)C)cc(OC)c1OC. The first-order valence-corrected chi connectivity index (χ1v) is 13.5. The molecule has 0 unspecified atom stereocenters. The van der Waals surface area contributed by atoms with Gasteiger partial charge < -0.3 is 14.2 Å². The molecule has 0 saturated carbocycles. The van der Waals surface area contributed by atoms with Crippen LogP contribution in [0.25, 0.3) is 16.9 Å². The summed E-state index contributed by atoms with van der Waals surface area (Å²) < 4.78 is 18.5. The third-order valence-corrected chi connectivity index (χ3v) is 7.06. The molecule has 0 bridgehead atoms. The molecule has 0 atom stereocenters. The molecule has 0 saturated heterocycles. The smallest absolute Gasteiger partial charge is 0.203 e. The fourth-order valence-electron chi connectivity index (χ4n) is 4.05. The number of hydrogen-bond acceptors (Lipinski definition) is 5. The number of benzene rings is 2. The van der Waals surface area contributed by atoms with E-state index in [1.54, 1.807) is 21.3 Å². The van der Waals surface area contributed by atoms with E-state index in [-0.39, 0.29) is 0 Å². The molecule has 0 radical (unpaired) electrons. The van der Waals surface area contributed by atoms with Gasteiger partial charge in [0.25, 0.3) is 0 Å². The van der Waals surface area contributed by atoms with Crippen LogP contribution in [0.3, 0.4) is 0 Å². The van der Waals surface area contributed by atoms with E-state index >= 15 is 0 Å². The summed E-state index contributed by atoms with van der Waals surface area (Å²) in [6.45, 7) is 13.3. The lowest BCUT2D eigenvalue weighted by Crippen LogP contribution is -2.44. The van der Waals surface area contributed by atoms with Crippen LogP contribution in [0.5, 0.6) is 17.2 Å². The average Bonchev–Trinajstić information content (AvgIpc) is 3.11. The molecule has 160 valence electrons. The minimum absolute atomic E-state index is 0.559. The van der Waals surface area contributed by atoms with Crippen molar-refractivity contribution in [3.63, 3.8) is 0 Å². The van der Waals surface area contributed by atoms with Crippen molar-refractivity contribution in [2.24, 2.45) is 0 Å². The van der Waals surface area contributed by atoms with Gasteiger partial charge in [0.2, 0.25) is 5.75 Å². The first-order chi connectivity index (χ1) is 14.1. The molecule has 1 aromatic heterocycles. The highest BCUT2D eigenvalue weighted by Crippen LogP contribution is 2.39. The molecule has 3 aromatic rings. The van der Waals surface area contributed by atoms with Gasteiger partial charge in [0, 0.05) is 17.7 Å². The molecule has 30 heavy (non-hydrogen) atoms. The van der Waals surface area contributed by atoms with Gasteiger partial charge in [-0.1, -0.05) is 42.6 Å². The average molecular weight is 426 g/mol. The summed E-state index contributed by atoms with van der Waals surface area (Å²) in [6, 6.07) is 8.24. The first kappa shape index (κ1) is 21.9. The van der Waals surface area contributed by atoms with Gasteiger partial charge in [-0.15, -0.1) is 5.10 Å². The van der Waals surface area contributed by atoms with Crippen LogP contribution in [-0.4, -0.2) is 44.4 Å². The second kappa shape index (κ2) is 8.14. The van der Waals surface area contributed by atoms with Crippen molar-refractivity contribution in [1.29, 1.82) is 0 Å². The maximum absolute atomic E-state index is 5.55. The predicted molar refractivity (Wildman–Crippen MR) is 124 cm³/mol. The summed E-state index contributed by atoms with van der Waals surface area (Å²) in [4.78, 5) is 0. The van der Waals surface area contributed by atoms with Crippen molar-refractivity contribution in [3.05, 3.63) is 41.0 Å². The van der Waals surface area contributed by atoms with Crippen LogP contribution in [-0.2, 0) is 0 Å². The van der Waals surface area contributed by atoms with Gasteiger partial charge in [-0.2, -0.15) is 0 Å². The molecule has 0 N–H and O–H groups in total. The summed E-state index contributed by atoms with van der Waals surface area (Å²) in [7, 11) is 2.99. The lowest BCUT2D eigenvalue weighted by atomic mass is 9.98. The van der Waals surface area contributed by atoms with E-state index < -0.39 is 8.07 Å². The number of nitrogens with zero attached hydrogens (tertiary/aromatic N) is 3. The van der Waals surface area contributed by atoms with Gasteiger partial charge in [-0.3, -0.25) is 0 Å². The normalized spacial score (nSPS) is 11.5. The van der Waals surface area contributed by atoms with Crippen molar-refractivity contribution in [2.75, 3.05) is 21.3 Å². The quantitative estimate of drug-likeness (QED) is 0.547. The molecule has 3 rings (SSSR count). The Labute approximate surface area is 179 Å². The number of ether oxygens (including phenoxy) is 3. The lowest BCUT2D eigenvalue weighted by Gasteiger charge is -2.22. The summed E-state index contributed by atoms with van der Waals surface area (Å²) in [5, 5.41) is 10.4. The minimum atomic E-state index is -1.85. The minimum Gasteiger partial charge on any atom is -0.493 e. The molecule has 0 amide bonds. The van der Waals surface area contributed by atoms with E-state index in [1.807, 2.05) is 16.8 Å². The highest BCUT2D eigenvalue weighted by atomic mass is 28.3. The van der Waals surface area contributed by atoms with Crippen molar-refractivity contribution in [1.82, 2.24) is 15.0 Å². The number of hydrogen-bond donors (Lipinski definition) is 0. The van der Waals surface area contributed by atoms with E-state index in [9.17, 15) is 0 Å². The Morgan fingerprint density at radius 1 is 0.800 bits per heavy atom. The Morgan fingerprint density at radius 2 is 1.33 bits per heavy atom. The van der Waals surface area contributed by atoms with E-state index in [0.717, 1.165) is 22.3 Å². The maximum atomic E-state index is 5.55. The Kier molecular flexibility index (Phi) is 5.94. The third kappa shape index (κ3) is 3.81. The zero-order chi connectivity index (χ0) is 22.2. The highest BCUT2D eigenvalue weighted by molar-refractivity contribution is 6.89. The van der Waals surface area contributed by atoms with Gasteiger partial charge in [-0.25, -0.2) is 4.68 Å². The number of aromatic nitrogens is 3. The topological polar surface area (TPSA) is 58.4 Å². The van der Waals surface area contributed by atoms with Crippen molar-refractivity contribution < 1.29 is 14.2 Å². The van der Waals surface area contributed by atoms with Crippen LogP contribution >= 0.6 is 0 Å². The van der Waals surface area contributed by atoms with Gasteiger partial charge in [0.05, 0.1) is 32.3 Å². The van der Waals surface area contributed by atoms with Crippen LogP contribution in [0.1, 0.15) is 16.7 Å². The van der Waals surface area contributed by atoms with Crippen LogP contribution in [0.15, 0.2) is 24.3 Å². The second-order valence-corrected chi connectivity index (χ2v) is 13.6. The Balaban J connectivity index is 2.32. The second-order valence-electron chi connectivity index (χ2n) is 8.61. The molecular formula is C23H31N3O3Si. The largest absolute Gasteiger partial charge is 0.493 e. The van der Waals surface area contributed by atoms with Crippen LogP contribution in [0.2, 0.25) is 19.6 Å². The molecule has 0 spiro atoms. The molecule has 0 aliphatic carbocycles. The molecule has 2 aromatic carbocycles. The van der Waals surface area contributed by atoms with E-state index in [1.165, 1.54) is 16.7 Å². The third-order valence-electron chi connectivity index (χ3n) is 5.19. The lowest BCUT2D eigenvalue weighted by molar-refractivity contribution is 0.324. The Hall–Kier alpha value is -2.80. The van der Waals surface area contributed by atoms with Crippen molar-refractivity contribution in [3.8, 4) is 34.2 Å². The highest BCUT2D eigenvalue weighted by Gasteiger charge is 2.30. The molecule has 7 heteroatoms. The Morgan fingerprint density at radius 3 is 1.77 bits per heavy atom. The Bertz CT molecular complexity index is 1040. The van der Waals surface area contributed by atoms with E-state index in [0.29, 0.717) is 17.2 Å². The van der Waals surface area contributed by atoms with Crippen LogP contribution in [0, 0.1) is 20.8 Å². The van der Waals surface area contributed by atoms with Crippen molar-refractivity contribution >= 4 is 13.4 Å². The van der Waals surface area contributed by atoms with Gasteiger partial charge in [0.15, 0.2) is 11.5 Å². The van der Waals surface area contributed by atoms with Gasteiger partial charge in [0.1, 0.15) is 13.8 Å². The molecule has 6 nitrogen and oxygen atoms in total.